The molecule has 0 spiro atoms. The zero-order valence-corrected chi connectivity index (χ0v) is 16.7. The van der Waals surface area contributed by atoms with E-state index in [-0.39, 0.29) is 22.4 Å². The van der Waals surface area contributed by atoms with Gasteiger partial charge in [0.2, 0.25) is 5.89 Å². The lowest BCUT2D eigenvalue weighted by Gasteiger charge is -2.11. The second-order valence-corrected chi connectivity index (χ2v) is 7.28. The number of ether oxygens (including phenoxy) is 1. The second kappa shape index (κ2) is 8.93. The van der Waals surface area contributed by atoms with E-state index in [0.29, 0.717) is 17.3 Å². The van der Waals surface area contributed by atoms with Gasteiger partial charge in [-0.15, -0.1) is 11.5 Å². The number of carbonyl (C=O) groups excluding carboxylic acids is 1. The van der Waals surface area contributed by atoms with E-state index in [4.69, 9.17) is 38.8 Å². The van der Waals surface area contributed by atoms with Crippen LogP contribution < -0.4 is 10.5 Å². The van der Waals surface area contributed by atoms with Crippen molar-refractivity contribution < 1.29 is 13.9 Å². The molecular weight excluding hydrogens is 379 g/mol. The van der Waals surface area contributed by atoms with Crippen LogP contribution in [0, 0.1) is 12.3 Å². The number of benzene rings is 1. The number of halogens is 2. The highest BCUT2D eigenvalue weighted by molar-refractivity contribution is 6.36. The molecule has 140 valence electrons. The van der Waals surface area contributed by atoms with Gasteiger partial charge in [-0.25, -0.2) is 4.79 Å². The topological polar surface area (TPSA) is 74.3 Å². The van der Waals surface area contributed by atoms with Crippen LogP contribution in [0.25, 0.3) is 5.69 Å². The Morgan fingerprint density at radius 1 is 1.31 bits per heavy atom. The maximum Gasteiger partial charge on any atom is 0.442 e. The molecule has 0 N–H and O–H groups in total. The lowest BCUT2D eigenvalue weighted by molar-refractivity contribution is -0.114. The molecule has 0 aliphatic rings. The largest absolute Gasteiger partial charge is 0.479 e. The predicted octanol–water partition coefficient (Wildman–Crippen LogP) is 4.04. The summed E-state index contributed by atoms with van der Waals surface area (Å²) in [6.07, 6.45) is 5.15. The Kier molecular flexibility index (Phi) is 7.49. The van der Waals surface area contributed by atoms with Gasteiger partial charge in [0.1, 0.15) is 18.1 Å². The van der Waals surface area contributed by atoms with E-state index in [9.17, 15) is 9.59 Å². The number of hydrogen-bond acceptors (Lipinski definition) is 5. The van der Waals surface area contributed by atoms with E-state index >= 15 is 0 Å². The molecule has 0 saturated heterocycles. The van der Waals surface area contributed by atoms with Gasteiger partial charge in [0.05, 0.1) is 15.7 Å². The highest BCUT2D eigenvalue weighted by Gasteiger charge is 2.24. The lowest BCUT2D eigenvalue weighted by atomic mass is 9.97. The number of rotatable bonds is 3. The summed E-state index contributed by atoms with van der Waals surface area (Å²) in [5, 5.41) is 4.71. The molecule has 0 fully saturated rings. The molecule has 2 rings (SSSR count). The van der Waals surface area contributed by atoms with E-state index in [2.05, 4.69) is 11.0 Å². The van der Waals surface area contributed by atoms with Crippen LogP contribution >= 0.6 is 23.2 Å². The Morgan fingerprint density at radius 3 is 2.35 bits per heavy atom. The normalized spacial score (nSPS) is 10.5. The molecule has 0 aliphatic heterocycles. The smallest absolute Gasteiger partial charge is 0.442 e. The van der Waals surface area contributed by atoms with E-state index in [1.165, 1.54) is 26.0 Å². The number of carbonyl (C=O) groups is 1. The molecule has 8 heteroatoms. The molecule has 1 aromatic heterocycles. The van der Waals surface area contributed by atoms with Crippen LogP contribution in [0.4, 0.5) is 0 Å². The van der Waals surface area contributed by atoms with Gasteiger partial charge in [0, 0.05) is 11.5 Å². The van der Waals surface area contributed by atoms with Gasteiger partial charge < -0.3 is 13.9 Å². The van der Waals surface area contributed by atoms with Crippen LogP contribution in [0.5, 0.6) is 5.75 Å². The van der Waals surface area contributed by atoms with Crippen molar-refractivity contribution >= 4 is 29.0 Å². The van der Waals surface area contributed by atoms with Gasteiger partial charge in [-0.3, -0.25) is 0 Å². The minimum Gasteiger partial charge on any atom is -0.479 e. The van der Waals surface area contributed by atoms with Crippen molar-refractivity contribution in [1.29, 1.82) is 0 Å². The fraction of sp³-hybridized carbons (Fsp3) is 0.389. The van der Waals surface area contributed by atoms with Crippen LogP contribution in [0.15, 0.2) is 21.3 Å². The maximum absolute atomic E-state index is 12.0. The van der Waals surface area contributed by atoms with Crippen molar-refractivity contribution in [3.8, 4) is 23.8 Å². The molecule has 0 radical (unpaired) electrons. The third-order valence-electron chi connectivity index (χ3n) is 2.73. The Morgan fingerprint density at radius 2 is 1.88 bits per heavy atom. The fourth-order valence-corrected chi connectivity index (χ4v) is 2.16. The third kappa shape index (κ3) is 5.94. The molecule has 1 heterocycles. The Labute approximate surface area is 162 Å². The molecule has 0 unspecified atom stereocenters. The number of Topliss-reactive ketones (excluding diaryl/α,β-unsaturated/α-hetero) is 1. The van der Waals surface area contributed by atoms with Crippen LogP contribution in [-0.4, -0.2) is 22.2 Å². The van der Waals surface area contributed by atoms with E-state index in [1.807, 2.05) is 20.8 Å². The first-order chi connectivity index (χ1) is 12.0. The summed E-state index contributed by atoms with van der Waals surface area (Å²) in [5.41, 5.74) is -0.103. The number of terminal acetylenes is 1. The molecule has 1 aromatic carbocycles. The molecule has 0 aliphatic carbocycles. The molecule has 0 amide bonds. The highest BCUT2D eigenvalue weighted by atomic mass is 35.5. The first kappa shape index (κ1) is 21.8. The van der Waals surface area contributed by atoms with Crippen molar-refractivity contribution in [1.82, 2.24) is 9.78 Å². The number of hydrogen-bond donors (Lipinski definition) is 0. The standard InChI is InChI=1S/C15H14Cl2N2O3.C3H6O/c1-5-6-21-12-8-11(9(16)7-10(12)17)19-14(20)22-13(18-19)15(2,3)4;1-3(2)4/h1,7-8H,6H2,2-4H3;1-2H3. The average molecular weight is 399 g/mol. The summed E-state index contributed by atoms with van der Waals surface area (Å²) in [5.74, 6) is 2.47. The van der Waals surface area contributed by atoms with Crippen molar-refractivity contribution in [2.24, 2.45) is 0 Å². The summed E-state index contributed by atoms with van der Waals surface area (Å²) in [7, 11) is 0. The van der Waals surface area contributed by atoms with Gasteiger partial charge in [-0.1, -0.05) is 49.9 Å². The van der Waals surface area contributed by atoms with Crippen LogP contribution in [-0.2, 0) is 10.2 Å². The summed E-state index contributed by atoms with van der Waals surface area (Å²) >= 11 is 12.2. The van der Waals surface area contributed by atoms with Crippen molar-refractivity contribution in [2.45, 2.75) is 40.0 Å². The van der Waals surface area contributed by atoms with Crippen LogP contribution in [0.3, 0.4) is 0 Å². The maximum atomic E-state index is 12.0. The number of ketones is 1. The number of nitrogens with zero attached hydrogens (tertiary/aromatic N) is 2. The molecule has 6 nitrogen and oxygen atoms in total. The van der Waals surface area contributed by atoms with Gasteiger partial charge >= 0.3 is 5.76 Å². The monoisotopic (exact) mass is 398 g/mol. The minimum absolute atomic E-state index is 0.0434. The summed E-state index contributed by atoms with van der Waals surface area (Å²) in [4.78, 5) is 21.5. The van der Waals surface area contributed by atoms with Gasteiger partial charge in [0.15, 0.2) is 0 Å². The molecule has 2 aromatic rings. The Balaban J connectivity index is 0.000000765. The first-order valence-corrected chi connectivity index (χ1v) is 8.36. The van der Waals surface area contributed by atoms with E-state index in [0.717, 1.165) is 4.68 Å². The minimum atomic E-state index is -0.642. The second-order valence-electron chi connectivity index (χ2n) is 6.47. The van der Waals surface area contributed by atoms with Gasteiger partial charge in [0.25, 0.3) is 0 Å². The zero-order chi connectivity index (χ0) is 20.1. The molecular formula is C18H20Cl2N2O4. The van der Waals surface area contributed by atoms with Crippen molar-refractivity contribution in [2.75, 3.05) is 6.61 Å². The summed E-state index contributed by atoms with van der Waals surface area (Å²) in [6, 6.07) is 2.96. The first-order valence-electron chi connectivity index (χ1n) is 7.61. The average Bonchev–Trinajstić information content (AvgIpc) is 2.88. The molecule has 0 saturated carbocycles. The lowest BCUT2D eigenvalue weighted by Crippen LogP contribution is -2.15. The Bertz CT molecular complexity index is 882. The summed E-state index contributed by atoms with van der Waals surface area (Å²) < 4.78 is 11.6. The fourth-order valence-electron chi connectivity index (χ4n) is 1.64. The van der Waals surface area contributed by atoms with Crippen molar-refractivity contribution in [3.05, 3.63) is 38.6 Å². The summed E-state index contributed by atoms with van der Waals surface area (Å²) in [6.45, 7) is 8.75. The highest BCUT2D eigenvalue weighted by Crippen LogP contribution is 2.33. The predicted molar refractivity (Wildman–Crippen MR) is 102 cm³/mol. The molecule has 0 bridgehead atoms. The van der Waals surface area contributed by atoms with E-state index < -0.39 is 11.2 Å². The molecule has 26 heavy (non-hydrogen) atoms. The van der Waals surface area contributed by atoms with Crippen LogP contribution in [0.2, 0.25) is 10.0 Å². The van der Waals surface area contributed by atoms with E-state index in [1.54, 1.807) is 0 Å². The van der Waals surface area contributed by atoms with Gasteiger partial charge in [-0.05, 0) is 19.9 Å². The molecule has 0 atom stereocenters. The third-order valence-corrected chi connectivity index (χ3v) is 3.33. The zero-order valence-electron chi connectivity index (χ0n) is 15.2. The SMILES string of the molecule is C#CCOc1cc(-n2nc(C(C)(C)C)oc2=O)c(Cl)cc1Cl.CC(C)=O. The van der Waals surface area contributed by atoms with Gasteiger partial charge in [-0.2, -0.15) is 4.68 Å². The Hall–Kier alpha value is -2.23. The quantitative estimate of drug-likeness (QED) is 0.729. The van der Waals surface area contributed by atoms with Crippen molar-refractivity contribution in [3.63, 3.8) is 0 Å². The van der Waals surface area contributed by atoms with Crippen LogP contribution in [0.1, 0.15) is 40.5 Å². The number of aromatic nitrogens is 2.